The molecule has 0 aliphatic carbocycles. The van der Waals surface area contributed by atoms with Crippen LogP contribution in [0.2, 0.25) is 0 Å². The van der Waals surface area contributed by atoms with Crippen molar-refractivity contribution in [3.05, 3.63) is 93.5 Å². The number of aryl methyl sites for hydroxylation is 1. The second-order valence-corrected chi connectivity index (χ2v) is 6.47. The lowest BCUT2D eigenvalue weighted by molar-refractivity contribution is -0.385. The van der Waals surface area contributed by atoms with Crippen LogP contribution in [0, 0.1) is 17.0 Å². The van der Waals surface area contributed by atoms with E-state index in [9.17, 15) is 19.7 Å². The zero-order chi connectivity index (χ0) is 21.7. The average Bonchev–Trinajstić information content (AvgIpc) is 2.74. The second-order valence-electron chi connectivity index (χ2n) is 6.47. The number of nitro groups is 1. The maximum absolute atomic E-state index is 12.3. The van der Waals surface area contributed by atoms with Crippen molar-refractivity contribution in [1.29, 1.82) is 0 Å². The van der Waals surface area contributed by atoms with Gasteiger partial charge in [-0.1, -0.05) is 17.7 Å². The summed E-state index contributed by atoms with van der Waals surface area (Å²) in [5.41, 5.74) is 1.91. The number of amides is 2. The van der Waals surface area contributed by atoms with Gasteiger partial charge in [0.25, 0.3) is 11.8 Å². The molecule has 0 spiro atoms. The van der Waals surface area contributed by atoms with Crippen molar-refractivity contribution < 1.29 is 19.2 Å². The molecule has 0 radical (unpaired) electrons. The molecule has 3 aromatic rings. The molecule has 0 aliphatic rings. The molecule has 0 bridgehead atoms. The van der Waals surface area contributed by atoms with Gasteiger partial charge in [0.1, 0.15) is 5.75 Å². The Hall–Kier alpha value is -4.20. The van der Waals surface area contributed by atoms with Gasteiger partial charge in [0.15, 0.2) is 0 Å². The van der Waals surface area contributed by atoms with Crippen molar-refractivity contribution in [3.63, 3.8) is 0 Å². The second kappa shape index (κ2) is 8.87. The molecule has 0 saturated heterocycles. The zero-order valence-electron chi connectivity index (χ0n) is 16.3. The molecule has 2 N–H and O–H groups in total. The van der Waals surface area contributed by atoms with E-state index in [0.717, 1.165) is 11.6 Å². The van der Waals surface area contributed by atoms with Crippen LogP contribution in [0.1, 0.15) is 26.3 Å². The van der Waals surface area contributed by atoms with Crippen molar-refractivity contribution in [1.82, 2.24) is 5.32 Å². The van der Waals surface area contributed by atoms with Gasteiger partial charge in [0.05, 0.1) is 4.92 Å². The van der Waals surface area contributed by atoms with Gasteiger partial charge in [-0.25, -0.2) is 0 Å². The first-order chi connectivity index (χ1) is 14.4. The van der Waals surface area contributed by atoms with Crippen molar-refractivity contribution in [2.24, 2.45) is 0 Å². The Morgan fingerprint density at radius 3 is 2.27 bits per heavy atom. The molecule has 0 aliphatic heterocycles. The standard InChI is InChI=1S/C22H19N3O5/c1-14-4-3-5-15(12-14)22(27)24-17-7-9-18(10-8-17)30-20-11-6-16(21(26)23-2)13-19(20)25(28)29/h3-13H,1-2H3,(H,23,26)(H,24,27). The summed E-state index contributed by atoms with van der Waals surface area (Å²) in [6.07, 6.45) is 0. The monoisotopic (exact) mass is 405 g/mol. The van der Waals surface area contributed by atoms with Crippen LogP contribution < -0.4 is 15.4 Å². The molecular formula is C22H19N3O5. The Labute approximate surface area is 172 Å². The van der Waals surface area contributed by atoms with Gasteiger partial charge in [0, 0.05) is 29.9 Å². The summed E-state index contributed by atoms with van der Waals surface area (Å²) >= 11 is 0. The molecule has 152 valence electrons. The molecule has 0 fully saturated rings. The normalized spacial score (nSPS) is 10.2. The molecule has 30 heavy (non-hydrogen) atoms. The van der Waals surface area contributed by atoms with E-state index >= 15 is 0 Å². The zero-order valence-corrected chi connectivity index (χ0v) is 16.3. The highest BCUT2D eigenvalue weighted by atomic mass is 16.6. The third-order valence-corrected chi connectivity index (χ3v) is 4.27. The van der Waals surface area contributed by atoms with Gasteiger partial charge in [-0.2, -0.15) is 0 Å². The summed E-state index contributed by atoms with van der Waals surface area (Å²) in [6, 6.07) is 17.6. The summed E-state index contributed by atoms with van der Waals surface area (Å²) in [5, 5.41) is 16.6. The highest BCUT2D eigenvalue weighted by molar-refractivity contribution is 6.04. The van der Waals surface area contributed by atoms with Gasteiger partial charge >= 0.3 is 5.69 Å². The molecular weight excluding hydrogens is 386 g/mol. The minimum absolute atomic E-state index is 0.00389. The Bertz CT molecular complexity index is 1110. The number of nitrogens with one attached hydrogen (secondary N) is 2. The van der Waals surface area contributed by atoms with E-state index in [0.29, 0.717) is 17.0 Å². The quantitative estimate of drug-likeness (QED) is 0.469. The lowest BCUT2D eigenvalue weighted by Crippen LogP contribution is -2.17. The van der Waals surface area contributed by atoms with Crippen molar-refractivity contribution >= 4 is 23.2 Å². The number of carbonyl (C=O) groups is 2. The van der Waals surface area contributed by atoms with Crippen LogP contribution in [-0.4, -0.2) is 23.8 Å². The number of hydrogen-bond acceptors (Lipinski definition) is 5. The third-order valence-electron chi connectivity index (χ3n) is 4.27. The van der Waals surface area contributed by atoms with Gasteiger partial charge in [0.2, 0.25) is 5.75 Å². The van der Waals surface area contributed by atoms with Gasteiger partial charge in [-0.15, -0.1) is 0 Å². The SMILES string of the molecule is CNC(=O)c1ccc(Oc2ccc(NC(=O)c3cccc(C)c3)cc2)c([N+](=O)[O-])c1. The summed E-state index contributed by atoms with van der Waals surface area (Å²) in [6.45, 7) is 1.91. The number of nitro benzene ring substituents is 1. The maximum atomic E-state index is 12.3. The molecule has 0 unspecified atom stereocenters. The fourth-order valence-corrected chi connectivity index (χ4v) is 2.75. The maximum Gasteiger partial charge on any atom is 0.312 e. The first-order valence-corrected chi connectivity index (χ1v) is 9.04. The van der Waals surface area contributed by atoms with Crippen molar-refractivity contribution in [3.8, 4) is 11.5 Å². The van der Waals surface area contributed by atoms with E-state index < -0.39 is 10.8 Å². The number of nitrogens with zero attached hydrogens (tertiary/aromatic N) is 1. The molecule has 0 aromatic heterocycles. The van der Waals surface area contributed by atoms with Crippen molar-refractivity contribution in [2.45, 2.75) is 6.92 Å². The number of anilines is 1. The smallest absolute Gasteiger partial charge is 0.312 e. The number of ether oxygens (including phenoxy) is 1. The van der Waals surface area contributed by atoms with Crippen LogP contribution in [0.25, 0.3) is 0 Å². The van der Waals surface area contributed by atoms with Gasteiger partial charge in [-0.05, 0) is 55.5 Å². The number of carbonyl (C=O) groups excluding carboxylic acids is 2. The van der Waals surface area contributed by atoms with Crippen LogP contribution in [0.4, 0.5) is 11.4 Å². The molecule has 2 amide bonds. The number of hydrogen-bond donors (Lipinski definition) is 2. The van der Waals surface area contributed by atoms with E-state index in [1.165, 1.54) is 19.2 Å². The van der Waals surface area contributed by atoms with E-state index in [4.69, 9.17) is 4.74 Å². The van der Waals surface area contributed by atoms with E-state index in [1.807, 2.05) is 19.1 Å². The highest BCUT2D eigenvalue weighted by Crippen LogP contribution is 2.32. The Balaban J connectivity index is 1.75. The van der Waals surface area contributed by atoms with Crippen LogP contribution in [0.5, 0.6) is 11.5 Å². The highest BCUT2D eigenvalue weighted by Gasteiger charge is 2.19. The topological polar surface area (TPSA) is 111 Å². The minimum Gasteiger partial charge on any atom is -0.450 e. The lowest BCUT2D eigenvalue weighted by Gasteiger charge is -2.09. The Morgan fingerprint density at radius 1 is 0.933 bits per heavy atom. The largest absolute Gasteiger partial charge is 0.450 e. The van der Waals surface area contributed by atoms with E-state index in [1.54, 1.807) is 36.4 Å². The summed E-state index contributed by atoms with van der Waals surface area (Å²) in [4.78, 5) is 34.8. The van der Waals surface area contributed by atoms with E-state index in [-0.39, 0.29) is 22.9 Å². The van der Waals surface area contributed by atoms with Crippen LogP contribution in [-0.2, 0) is 0 Å². The fourth-order valence-electron chi connectivity index (χ4n) is 2.75. The predicted octanol–water partition coefficient (Wildman–Crippen LogP) is 4.31. The minimum atomic E-state index is -0.613. The number of benzene rings is 3. The molecule has 0 heterocycles. The number of rotatable bonds is 6. The predicted molar refractivity (Wildman–Crippen MR) is 112 cm³/mol. The molecule has 3 aromatic carbocycles. The molecule has 8 nitrogen and oxygen atoms in total. The molecule has 0 atom stereocenters. The summed E-state index contributed by atoms with van der Waals surface area (Å²) in [7, 11) is 1.44. The third kappa shape index (κ3) is 4.79. The average molecular weight is 405 g/mol. The molecule has 8 heteroatoms. The fraction of sp³-hybridized carbons (Fsp3) is 0.0909. The molecule has 3 rings (SSSR count). The summed E-state index contributed by atoms with van der Waals surface area (Å²) < 4.78 is 5.61. The summed E-state index contributed by atoms with van der Waals surface area (Å²) in [5.74, 6) is -0.324. The van der Waals surface area contributed by atoms with Gasteiger partial charge < -0.3 is 15.4 Å². The van der Waals surface area contributed by atoms with E-state index in [2.05, 4.69) is 10.6 Å². The Morgan fingerprint density at radius 2 is 1.63 bits per heavy atom. The van der Waals surface area contributed by atoms with Crippen LogP contribution >= 0.6 is 0 Å². The Kier molecular flexibility index (Phi) is 6.07. The van der Waals surface area contributed by atoms with Crippen LogP contribution in [0.15, 0.2) is 66.7 Å². The first kappa shape index (κ1) is 20.5. The van der Waals surface area contributed by atoms with Crippen molar-refractivity contribution in [2.75, 3.05) is 12.4 Å². The van der Waals surface area contributed by atoms with Crippen LogP contribution in [0.3, 0.4) is 0 Å². The van der Waals surface area contributed by atoms with Gasteiger partial charge in [-0.3, -0.25) is 19.7 Å². The molecule has 0 saturated carbocycles. The first-order valence-electron chi connectivity index (χ1n) is 9.04. The lowest BCUT2D eigenvalue weighted by atomic mass is 10.1.